The van der Waals surface area contributed by atoms with Crippen molar-refractivity contribution < 1.29 is 18.3 Å². The molecule has 3 rings (SSSR count). The van der Waals surface area contributed by atoms with Crippen LogP contribution in [-0.4, -0.2) is 5.91 Å². The minimum Gasteiger partial charge on any atom is -0.489 e. The fourth-order valence-electron chi connectivity index (χ4n) is 1.96. The van der Waals surface area contributed by atoms with Crippen molar-refractivity contribution >= 4 is 17.2 Å². The number of rotatable bonds is 6. The highest BCUT2D eigenvalue weighted by molar-refractivity contribution is 7.12. The van der Waals surface area contributed by atoms with Crippen molar-refractivity contribution in [3.63, 3.8) is 0 Å². The van der Waals surface area contributed by atoms with E-state index in [1.807, 2.05) is 5.38 Å². The molecule has 4 nitrogen and oxygen atoms in total. The third-order valence-corrected chi connectivity index (χ3v) is 4.06. The third kappa shape index (κ3) is 4.20. The molecule has 0 saturated carbocycles. The molecule has 0 unspecified atom stereocenters. The number of nitrogens with one attached hydrogen (secondary N) is 1. The molecule has 0 radical (unpaired) electrons. The predicted octanol–water partition coefficient (Wildman–Crippen LogP) is 3.99. The normalized spacial score (nSPS) is 10.5. The molecule has 0 aliphatic heterocycles. The molecule has 0 bridgehead atoms. The van der Waals surface area contributed by atoms with Gasteiger partial charge in [-0.3, -0.25) is 4.79 Å². The van der Waals surface area contributed by atoms with E-state index >= 15 is 0 Å². The van der Waals surface area contributed by atoms with Crippen LogP contribution in [0.3, 0.4) is 0 Å². The molecule has 6 heteroatoms. The Morgan fingerprint density at radius 2 is 2.17 bits per heavy atom. The first-order chi connectivity index (χ1) is 11.2. The van der Waals surface area contributed by atoms with Gasteiger partial charge in [0.2, 0.25) is 0 Å². The zero-order chi connectivity index (χ0) is 16.1. The molecule has 2 heterocycles. The van der Waals surface area contributed by atoms with E-state index in [-0.39, 0.29) is 18.3 Å². The highest BCUT2D eigenvalue weighted by Crippen LogP contribution is 2.18. The molecule has 0 spiro atoms. The molecule has 0 saturated heterocycles. The lowest BCUT2D eigenvalue weighted by atomic mass is 10.3. The first-order valence-electron chi connectivity index (χ1n) is 6.97. The van der Waals surface area contributed by atoms with Gasteiger partial charge in [0, 0.05) is 11.6 Å². The second-order valence-electron chi connectivity index (χ2n) is 4.83. The van der Waals surface area contributed by atoms with E-state index in [0.717, 1.165) is 5.56 Å². The summed E-state index contributed by atoms with van der Waals surface area (Å²) < 4.78 is 23.7. The number of furan rings is 1. The van der Waals surface area contributed by atoms with Gasteiger partial charge >= 0.3 is 0 Å². The maximum absolute atomic E-state index is 13.1. The van der Waals surface area contributed by atoms with E-state index in [1.165, 1.54) is 23.5 Å². The van der Waals surface area contributed by atoms with Gasteiger partial charge in [-0.1, -0.05) is 6.07 Å². The summed E-state index contributed by atoms with van der Waals surface area (Å²) in [6.07, 6.45) is 1.56. The van der Waals surface area contributed by atoms with Crippen molar-refractivity contribution in [2.75, 3.05) is 0 Å². The summed E-state index contributed by atoms with van der Waals surface area (Å²) in [7, 11) is 0. The molecule has 2 aromatic heterocycles. The summed E-state index contributed by atoms with van der Waals surface area (Å²) in [6.45, 7) is 0.629. The largest absolute Gasteiger partial charge is 0.489 e. The van der Waals surface area contributed by atoms with Crippen LogP contribution < -0.4 is 10.1 Å². The number of carbonyl (C=O) groups excluding carboxylic acids is 1. The van der Waals surface area contributed by atoms with Crippen molar-refractivity contribution in [2.24, 2.45) is 0 Å². The monoisotopic (exact) mass is 331 g/mol. The SMILES string of the molecule is O=C(NCc1ccco1)c1cc(COc2cccc(F)c2)cs1. The number of benzene rings is 1. The summed E-state index contributed by atoms with van der Waals surface area (Å²) in [6, 6.07) is 11.3. The van der Waals surface area contributed by atoms with Crippen molar-refractivity contribution in [3.8, 4) is 5.75 Å². The van der Waals surface area contributed by atoms with E-state index in [0.29, 0.717) is 22.9 Å². The lowest BCUT2D eigenvalue weighted by molar-refractivity contribution is 0.0952. The molecule has 0 atom stereocenters. The Hall–Kier alpha value is -2.60. The van der Waals surface area contributed by atoms with Gasteiger partial charge in [0.15, 0.2) is 0 Å². The van der Waals surface area contributed by atoms with Gasteiger partial charge in [0.1, 0.15) is 23.9 Å². The average Bonchev–Trinajstić information content (AvgIpc) is 3.22. The Morgan fingerprint density at radius 3 is 2.96 bits per heavy atom. The zero-order valence-corrected chi connectivity index (χ0v) is 12.9. The van der Waals surface area contributed by atoms with Gasteiger partial charge in [-0.25, -0.2) is 4.39 Å². The van der Waals surface area contributed by atoms with Crippen LogP contribution in [0.1, 0.15) is 21.0 Å². The topological polar surface area (TPSA) is 51.5 Å². The molecule has 1 aromatic carbocycles. The van der Waals surface area contributed by atoms with Crippen molar-refractivity contribution in [1.29, 1.82) is 0 Å². The number of halogens is 1. The van der Waals surface area contributed by atoms with Crippen LogP contribution in [0.4, 0.5) is 4.39 Å². The van der Waals surface area contributed by atoms with Gasteiger partial charge in [-0.2, -0.15) is 0 Å². The number of hydrogen-bond donors (Lipinski definition) is 1. The quantitative estimate of drug-likeness (QED) is 0.743. The first kappa shape index (κ1) is 15.3. The average molecular weight is 331 g/mol. The molecular formula is C17H14FNO3S. The van der Waals surface area contributed by atoms with E-state index < -0.39 is 0 Å². The van der Waals surface area contributed by atoms with Gasteiger partial charge in [-0.15, -0.1) is 11.3 Å². The van der Waals surface area contributed by atoms with Crippen LogP contribution >= 0.6 is 11.3 Å². The van der Waals surface area contributed by atoms with Gasteiger partial charge in [0.05, 0.1) is 17.7 Å². The Bertz CT molecular complexity index is 783. The van der Waals surface area contributed by atoms with Crippen LogP contribution in [0.2, 0.25) is 0 Å². The van der Waals surface area contributed by atoms with E-state index in [9.17, 15) is 9.18 Å². The van der Waals surface area contributed by atoms with Gasteiger partial charge in [-0.05, 0) is 35.7 Å². The standard InChI is InChI=1S/C17H14FNO3S/c18-13-3-1-4-14(8-13)22-10-12-7-16(23-11-12)17(20)19-9-15-5-2-6-21-15/h1-8,11H,9-10H2,(H,19,20). The van der Waals surface area contributed by atoms with E-state index in [2.05, 4.69) is 5.32 Å². The van der Waals surface area contributed by atoms with E-state index in [1.54, 1.807) is 36.6 Å². The Kier molecular flexibility index (Phi) is 4.73. The predicted molar refractivity (Wildman–Crippen MR) is 84.9 cm³/mol. The fourth-order valence-corrected chi connectivity index (χ4v) is 2.77. The molecule has 0 fully saturated rings. The molecule has 23 heavy (non-hydrogen) atoms. The summed E-state index contributed by atoms with van der Waals surface area (Å²) in [5.41, 5.74) is 0.863. The van der Waals surface area contributed by atoms with Crippen molar-refractivity contribution in [1.82, 2.24) is 5.32 Å². The maximum atomic E-state index is 13.1. The van der Waals surface area contributed by atoms with Gasteiger partial charge < -0.3 is 14.5 Å². The lowest BCUT2D eigenvalue weighted by Gasteiger charge is -2.04. The second kappa shape index (κ2) is 7.11. The van der Waals surface area contributed by atoms with Crippen molar-refractivity contribution in [2.45, 2.75) is 13.2 Å². The Morgan fingerprint density at radius 1 is 1.26 bits per heavy atom. The Labute approximate surface area is 136 Å². The molecule has 0 aliphatic carbocycles. The zero-order valence-electron chi connectivity index (χ0n) is 12.1. The molecule has 1 amide bonds. The number of carbonyl (C=O) groups is 1. The van der Waals surface area contributed by atoms with Crippen LogP contribution in [0.25, 0.3) is 0 Å². The molecular weight excluding hydrogens is 317 g/mol. The second-order valence-corrected chi connectivity index (χ2v) is 5.74. The molecule has 1 N–H and O–H groups in total. The lowest BCUT2D eigenvalue weighted by Crippen LogP contribution is -2.21. The van der Waals surface area contributed by atoms with Crippen LogP contribution in [0.15, 0.2) is 58.5 Å². The van der Waals surface area contributed by atoms with Crippen LogP contribution in [-0.2, 0) is 13.2 Å². The highest BCUT2D eigenvalue weighted by Gasteiger charge is 2.10. The first-order valence-corrected chi connectivity index (χ1v) is 7.85. The summed E-state index contributed by atoms with van der Waals surface area (Å²) >= 11 is 1.34. The van der Waals surface area contributed by atoms with Gasteiger partial charge in [0.25, 0.3) is 5.91 Å². The van der Waals surface area contributed by atoms with Crippen molar-refractivity contribution in [3.05, 3.63) is 76.1 Å². The number of amides is 1. The number of thiophene rings is 1. The molecule has 0 aliphatic rings. The minimum absolute atomic E-state index is 0.164. The van der Waals surface area contributed by atoms with Crippen LogP contribution in [0.5, 0.6) is 5.75 Å². The molecule has 3 aromatic rings. The number of hydrogen-bond acceptors (Lipinski definition) is 4. The summed E-state index contributed by atoms with van der Waals surface area (Å²) in [4.78, 5) is 12.6. The number of ether oxygens (including phenoxy) is 1. The van der Waals surface area contributed by atoms with Crippen LogP contribution in [0, 0.1) is 5.82 Å². The highest BCUT2D eigenvalue weighted by atomic mass is 32.1. The van der Waals surface area contributed by atoms with E-state index in [4.69, 9.17) is 9.15 Å². The third-order valence-electron chi connectivity index (χ3n) is 3.08. The minimum atomic E-state index is -0.342. The molecule has 118 valence electrons. The smallest absolute Gasteiger partial charge is 0.261 e. The Balaban J connectivity index is 1.54. The summed E-state index contributed by atoms with van der Waals surface area (Å²) in [5.74, 6) is 0.652. The maximum Gasteiger partial charge on any atom is 0.261 e. The fraction of sp³-hybridized carbons (Fsp3) is 0.118. The summed E-state index contributed by atoms with van der Waals surface area (Å²) in [5, 5.41) is 4.63.